The van der Waals surface area contributed by atoms with Gasteiger partial charge in [-0.05, 0) is 36.1 Å². The highest BCUT2D eigenvalue weighted by Crippen LogP contribution is 2.24. The van der Waals surface area contributed by atoms with Crippen LogP contribution in [0.2, 0.25) is 0 Å². The minimum Gasteiger partial charge on any atom is -0.390 e. The first-order chi connectivity index (χ1) is 11.8. The smallest absolute Gasteiger partial charge is 0.0867 e. The lowest BCUT2D eigenvalue weighted by Gasteiger charge is -2.23. The molecule has 1 aliphatic rings. The van der Waals surface area contributed by atoms with Crippen LogP contribution in [-0.4, -0.2) is 42.9 Å². The second kappa shape index (κ2) is 9.23. The van der Waals surface area contributed by atoms with Gasteiger partial charge in [0.05, 0.1) is 18.8 Å². The van der Waals surface area contributed by atoms with Crippen molar-refractivity contribution in [3.63, 3.8) is 0 Å². The summed E-state index contributed by atoms with van der Waals surface area (Å²) in [6.45, 7) is 1.94. The van der Waals surface area contributed by atoms with Gasteiger partial charge >= 0.3 is 0 Å². The Morgan fingerprint density at radius 3 is 2.38 bits per heavy atom. The van der Waals surface area contributed by atoms with E-state index < -0.39 is 6.10 Å². The van der Waals surface area contributed by atoms with Gasteiger partial charge in [-0.2, -0.15) is 0 Å². The molecule has 2 aromatic rings. The summed E-state index contributed by atoms with van der Waals surface area (Å²) < 4.78 is 11.1. The zero-order valence-electron chi connectivity index (χ0n) is 13.8. The molecule has 3 rings (SSSR count). The number of benzene rings is 2. The fourth-order valence-corrected chi connectivity index (χ4v) is 3.51. The molecule has 4 heteroatoms. The van der Waals surface area contributed by atoms with Gasteiger partial charge in [-0.15, -0.1) is 11.8 Å². The first kappa shape index (κ1) is 17.5. The Bertz CT molecular complexity index is 594. The van der Waals surface area contributed by atoms with E-state index in [2.05, 4.69) is 36.4 Å². The van der Waals surface area contributed by atoms with Crippen LogP contribution >= 0.6 is 11.8 Å². The number of hydrogen-bond acceptors (Lipinski definition) is 4. The Hall–Kier alpha value is -1.33. The van der Waals surface area contributed by atoms with E-state index in [-0.39, 0.29) is 6.10 Å². The Morgan fingerprint density at radius 1 is 1.00 bits per heavy atom. The van der Waals surface area contributed by atoms with Gasteiger partial charge in [-0.3, -0.25) is 0 Å². The van der Waals surface area contributed by atoms with Crippen LogP contribution in [0.4, 0.5) is 0 Å². The number of aliphatic hydroxyl groups is 1. The highest BCUT2D eigenvalue weighted by atomic mass is 32.2. The molecule has 0 aliphatic carbocycles. The maximum atomic E-state index is 10.1. The van der Waals surface area contributed by atoms with Crippen molar-refractivity contribution in [1.82, 2.24) is 0 Å². The zero-order chi connectivity index (χ0) is 16.6. The predicted molar refractivity (Wildman–Crippen MR) is 98.4 cm³/mol. The molecule has 0 amide bonds. The van der Waals surface area contributed by atoms with Crippen LogP contribution in [0.25, 0.3) is 11.1 Å². The number of ether oxygens (including phenoxy) is 2. The van der Waals surface area contributed by atoms with Crippen molar-refractivity contribution < 1.29 is 14.6 Å². The van der Waals surface area contributed by atoms with Crippen LogP contribution in [-0.2, 0) is 9.47 Å². The van der Waals surface area contributed by atoms with Crippen molar-refractivity contribution in [3.05, 3.63) is 54.6 Å². The molecule has 0 aromatic heterocycles. The lowest BCUT2D eigenvalue weighted by Crippen LogP contribution is -2.28. The van der Waals surface area contributed by atoms with Gasteiger partial charge in [0, 0.05) is 23.9 Å². The predicted octanol–water partition coefficient (Wildman–Crippen LogP) is 4.00. The van der Waals surface area contributed by atoms with E-state index in [0.717, 1.165) is 26.1 Å². The SMILES string of the molecule is OC(COC1CCOCC1)CSc1ccc(-c2ccccc2)cc1. The van der Waals surface area contributed by atoms with Crippen molar-refractivity contribution in [3.8, 4) is 11.1 Å². The average Bonchev–Trinajstić information content (AvgIpc) is 2.67. The second-order valence-corrected chi connectivity index (χ2v) is 7.09. The quantitative estimate of drug-likeness (QED) is 0.771. The molecular weight excluding hydrogens is 320 g/mol. The molecule has 0 spiro atoms. The van der Waals surface area contributed by atoms with Gasteiger partial charge in [0.1, 0.15) is 0 Å². The molecule has 3 nitrogen and oxygen atoms in total. The highest BCUT2D eigenvalue weighted by molar-refractivity contribution is 7.99. The molecule has 1 aliphatic heterocycles. The van der Waals surface area contributed by atoms with Crippen LogP contribution in [0.1, 0.15) is 12.8 Å². The standard InChI is InChI=1S/C20H24O3S/c21-18(14-23-19-10-12-22-13-11-19)15-24-20-8-6-17(7-9-20)16-4-2-1-3-5-16/h1-9,18-19,21H,10-15H2. The number of hydrogen-bond donors (Lipinski definition) is 1. The average molecular weight is 344 g/mol. The molecule has 1 heterocycles. The summed E-state index contributed by atoms with van der Waals surface area (Å²) in [5.41, 5.74) is 2.43. The lowest BCUT2D eigenvalue weighted by molar-refractivity contribution is -0.0549. The molecule has 1 fully saturated rings. The molecule has 1 saturated heterocycles. The Morgan fingerprint density at radius 2 is 1.67 bits per heavy atom. The van der Waals surface area contributed by atoms with Crippen molar-refractivity contribution >= 4 is 11.8 Å². The number of aliphatic hydroxyl groups excluding tert-OH is 1. The van der Waals surface area contributed by atoms with E-state index >= 15 is 0 Å². The summed E-state index contributed by atoms with van der Waals surface area (Å²) in [4.78, 5) is 1.17. The molecule has 1 N–H and O–H groups in total. The first-order valence-corrected chi connectivity index (χ1v) is 9.45. The van der Waals surface area contributed by atoms with Gasteiger partial charge in [0.25, 0.3) is 0 Å². The Kier molecular flexibility index (Phi) is 6.73. The summed E-state index contributed by atoms with van der Waals surface area (Å²) in [5.74, 6) is 0.647. The van der Waals surface area contributed by atoms with Gasteiger partial charge in [-0.25, -0.2) is 0 Å². The minimum atomic E-state index is -0.438. The maximum Gasteiger partial charge on any atom is 0.0867 e. The topological polar surface area (TPSA) is 38.7 Å². The van der Waals surface area contributed by atoms with E-state index in [1.807, 2.05) is 18.2 Å². The summed E-state index contributed by atoms with van der Waals surface area (Å²) in [6.07, 6.45) is 1.66. The summed E-state index contributed by atoms with van der Waals surface area (Å²) in [6, 6.07) is 18.8. The van der Waals surface area contributed by atoms with Crippen LogP contribution in [0.5, 0.6) is 0 Å². The lowest BCUT2D eigenvalue weighted by atomic mass is 10.1. The molecule has 1 atom stereocenters. The van der Waals surface area contributed by atoms with Crippen LogP contribution in [0, 0.1) is 0 Å². The maximum absolute atomic E-state index is 10.1. The summed E-state index contributed by atoms with van der Waals surface area (Å²) in [7, 11) is 0. The van der Waals surface area contributed by atoms with E-state index in [1.54, 1.807) is 11.8 Å². The number of rotatable bonds is 7. The minimum absolute atomic E-state index is 0.239. The van der Waals surface area contributed by atoms with E-state index in [0.29, 0.717) is 12.4 Å². The number of thioether (sulfide) groups is 1. The molecule has 0 bridgehead atoms. The summed E-state index contributed by atoms with van der Waals surface area (Å²) in [5, 5.41) is 10.1. The third-order valence-corrected chi connectivity index (χ3v) is 5.25. The highest BCUT2D eigenvalue weighted by Gasteiger charge is 2.16. The monoisotopic (exact) mass is 344 g/mol. The molecule has 0 radical (unpaired) electrons. The van der Waals surface area contributed by atoms with Crippen LogP contribution in [0.3, 0.4) is 0 Å². The third-order valence-electron chi connectivity index (χ3n) is 4.10. The van der Waals surface area contributed by atoms with E-state index in [4.69, 9.17) is 9.47 Å². The Balaban J connectivity index is 1.42. The normalized spacial score (nSPS) is 16.9. The Labute approximate surface area is 148 Å². The molecule has 2 aromatic carbocycles. The van der Waals surface area contributed by atoms with Crippen molar-refractivity contribution in [2.24, 2.45) is 0 Å². The molecule has 1 unspecified atom stereocenters. The van der Waals surface area contributed by atoms with Crippen molar-refractivity contribution in [1.29, 1.82) is 0 Å². The third kappa shape index (κ3) is 5.35. The van der Waals surface area contributed by atoms with E-state index in [9.17, 15) is 5.11 Å². The first-order valence-electron chi connectivity index (χ1n) is 8.47. The van der Waals surface area contributed by atoms with Crippen molar-refractivity contribution in [2.75, 3.05) is 25.6 Å². The summed E-state index contributed by atoms with van der Waals surface area (Å²) >= 11 is 1.66. The van der Waals surface area contributed by atoms with Gasteiger partial charge < -0.3 is 14.6 Å². The van der Waals surface area contributed by atoms with Gasteiger partial charge in [-0.1, -0.05) is 42.5 Å². The van der Waals surface area contributed by atoms with Crippen LogP contribution < -0.4 is 0 Å². The largest absolute Gasteiger partial charge is 0.390 e. The molecule has 0 saturated carbocycles. The van der Waals surface area contributed by atoms with Gasteiger partial charge in [0.15, 0.2) is 0 Å². The second-order valence-electron chi connectivity index (χ2n) is 6.00. The van der Waals surface area contributed by atoms with Crippen LogP contribution in [0.15, 0.2) is 59.5 Å². The van der Waals surface area contributed by atoms with Crippen molar-refractivity contribution in [2.45, 2.75) is 29.9 Å². The fourth-order valence-electron chi connectivity index (χ4n) is 2.70. The molecular formula is C20H24O3S. The zero-order valence-corrected chi connectivity index (χ0v) is 14.6. The molecule has 128 valence electrons. The van der Waals surface area contributed by atoms with E-state index in [1.165, 1.54) is 16.0 Å². The molecule has 24 heavy (non-hydrogen) atoms. The fraction of sp³-hybridized carbons (Fsp3) is 0.400. The van der Waals surface area contributed by atoms with Gasteiger partial charge in [0.2, 0.25) is 0 Å².